The zero-order chi connectivity index (χ0) is 17.7. The largest absolute Gasteiger partial charge is 0.495 e. The maximum absolute atomic E-state index is 12.5. The zero-order valence-electron chi connectivity index (χ0n) is 15.0. The number of hydrogen-bond donors (Lipinski definition) is 1. The van der Waals surface area contributed by atoms with Crippen molar-refractivity contribution in [3.05, 3.63) is 59.2 Å². The van der Waals surface area contributed by atoms with Gasteiger partial charge < -0.3 is 10.1 Å². The normalized spacial score (nSPS) is 11.2. The molecule has 2 aromatic carbocycles. The molecule has 0 saturated carbocycles. The number of hydrogen-bond acceptors (Lipinski definition) is 3. The molecule has 2 rings (SSSR count). The van der Waals surface area contributed by atoms with Gasteiger partial charge in [0, 0.05) is 11.3 Å². The summed E-state index contributed by atoms with van der Waals surface area (Å²) in [5, 5.41) is 2.97. The first-order valence-corrected chi connectivity index (χ1v) is 9.32. The summed E-state index contributed by atoms with van der Waals surface area (Å²) >= 11 is 1.76. The molecule has 0 aromatic heterocycles. The van der Waals surface area contributed by atoms with Crippen molar-refractivity contribution < 1.29 is 9.53 Å². The zero-order valence-corrected chi connectivity index (χ0v) is 15.8. The minimum absolute atomic E-state index is 0.00518. The van der Waals surface area contributed by atoms with Gasteiger partial charge in [0.1, 0.15) is 5.75 Å². The second-order valence-electron chi connectivity index (χ2n) is 6.75. The molecule has 0 radical (unpaired) electrons. The number of anilines is 1. The molecular formula is C20H25NO2S. The van der Waals surface area contributed by atoms with Gasteiger partial charge in [-0.05, 0) is 47.1 Å². The van der Waals surface area contributed by atoms with Crippen LogP contribution in [0.3, 0.4) is 0 Å². The molecule has 0 bridgehead atoms. The lowest BCUT2D eigenvalue weighted by Gasteiger charge is -2.21. The number of methoxy groups -OCH3 is 1. The minimum Gasteiger partial charge on any atom is -0.495 e. The Labute approximate surface area is 148 Å². The van der Waals surface area contributed by atoms with Gasteiger partial charge in [0.25, 0.3) is 5.91 Å². The van der Waals surface area contributed by atoms with Crippen molar-refractivity contribution in [2.45, 2.75) is 31.9 Å². The van der Waals surface area contributed by atoms with Gasteiger partial charge in [-0.25, -0.2) is 0 Å². The lowest BCUT2D eigenvalue weighted by atomic mass is 9.87. The number of ether oxygens (including phenoxy) is 1. The van der Waals surface area contributed by atoms with Crippen LogP contribution in [0.15, 0.2) is 42.5 Å². The number of amides is 1. The van der Waals surface area contributed by atoms with Crippen molar-refractivity contribution in [3.8, 4) is 5.75 Å². The van der Waals surface area contributed by atoms with E-state index in [0.717, 1.165) is 11.3 Å². The van der Waals surface area contributed by atoms with Crippen LogP contribution >= 0.6 is 11.8 Å². The van der Waals surface area contributed by atoms with Crippen LogP contribution in [-0.4, -0.2) is 19.3 Å². The molecule has 1 amide bonds. The monoisotopic (exact) mass is 343 g/mol. The minimum atomic E-state index is -0.130. The fourth-order valence-corrected chi connectivity index (χ4v) is 2.91. The number of carbonyl (C=O) groups excluding carboxylic acids is 1. The van der Waals surface area contributed by atoms with Crippen molar-refractivity contribution in [2.24, 2.45) is 0 Å². The second-order valence-corrected chi connectivity index (χ2v) is 7.62. The lowest BCUT2D eigenvalue weighted by molar-refractivity contribution is 0.102. The first-order chi connectivity index (χ1) is 11.3. The molecule has 128 valence electrons. The van der Waals surface area contributed by atoms with Crippen LogP contribution in [0.4, 0.5) is 5.69 Å². The van der Waals surface area contributed by atoms with E-state index in [9.17, 15) is 4.79 Å². The lowest BCUT2D eigenvalue weighted by Crippen LogP contribution is -2.15. The SMILES string of the molecule is COc1ccc(C(C)(C)C)cc1NC(=O)c1ccc(CSC)cc1. The van der Waals surface area contributed by atoms with Crippen molar-refractivity contribution >= 4 is 23.4 Å². The molecule has 0 aliphatic rings. The molecule has 0 fully saturated rings. The van der Waals surface area contributed by atoms with Gasteiger partial charge in [0.05, 0.1) is 12.8 Å². The topological polar surface area (TPSA) is 38.3 Å². The molecule has 2 aromatic rings. The van der Waals surface area contributed by atoms with Gasteiger partial charge in [-0.3, -0.25) is 4.79 Å². The Bertz CT molecular complexity index is 703. The van der Waals surface area contributed by atoms with Crippen LogP contribution in [0.25, 0.3) is 0 Å². The van der Waals surface area contributed by atoms with E-state index in [2.05, 4.69) is 32.3 Å². The molecular weight excluding hydrogens is 318 g/mol. The summed E-state index contributed by atoms with van der Waals surface area (Å²) < 4.78 is 5.38. The Hall–Kier alpha value is -1.94. The summed E-state index contributed by atoms with van der Waals surface area (Å²) in [5.74, 6) is 1.48. The fourth-order valence-electron chi connectivity index (χ4n) is 2.39. The first kappa shape index (κ1) is 18.4. The van der Waals surface area contributed by atoms with Crippen molar-refractivity contribution in [3.63, 3.8) is 0 Å². The molecule has 0 aliphatic carbocycles. The standard InChI is InChI=1S/C20H25NO2S/c1-20(2,3)16-10-11-18(23-4)17(12-16)21-19(22)15-8-6-14(7-9-15)13-24-5/h6-12H,13H2,1-5H3,(H,21,22). The third kappa shape index (κ3) is 4.54. The Morgan fingerprint density at radius 2 is 1.79 bits per heavy atom. The van der Waals surface area contributed by atoms with Crippen molar-refractivity contribution in [2.75, 3.05) is 18.7 Å². The van der Waals surface area contributed by atoms with E-state index in [4.69, 9.17) is 4.74 Å². The highest BCUT2D eigenvalue weighted by molar-refractivity contribution is 7.97. The van der Waals surface area contributed by atoms with E-state index in [-0.39, 0.29) is 11.3 Å². The number of thioether (sulfide) groups is 1. The molecule has 0 heterocycles. The summed E-state index contributed by atoms with van der Waals surface area (Å²) in [4.78, 5) is 12.5. The number of benzene rings is 2. The van der Waals surface area contributed by atoms with Gasteiger partial charge >= 0.3 is 0 Å². The van der Waals surface area contributed by atoms with E-state index in [1.54, 1.807) is 18.9 Å². The third-order valence-electron chi connectivity index (χ3n) is 3.84. The smallest absolute Gasteiger partial charge is 0.255 e. The van der Waals surface area contributed by atoms with Crippen LogP contribution in [0, 0.1) is 0 Å². The van der Waals surface area contributed by atoms with Crippen LogP contribution in [-0.2, 0) is 11.2 Å². The highest BCUT2D eigenvalue weighted by Crippen LogP contribution is 2.31. The Morgan fingerprint density at radius 3 is 2.33 bits per heavy atom. The van der Waals surface area contributed by atoms with Crippen LogP contribution in [0.1, 0.15) is 42.3 Å². The summed E-state index contributed by atoms with van der Waals surface area (Å²) in [6.45, 7) is 6.43. The summed E-state index contributed by atoms with van der Waals surface area (Å²) in [6.07, 6.45) is 2.06. The van der Waals surface area contributed by atoms with Crippen LogP contribution in [0.2, 0.25) is 0 Å². The number of rotatable bonds is 5. The number of carbonyl (C=O) groups is 1. The highest BCUT2D eigenvalue weighted by atomic mass is 32.2. The maximum atomic E-state index is 12.5. The average molecular weight is 343 g/mol. The maximum Gasteiger partial charge on any atom is 0.255 e. The quantitative estimate of drug-likeness (QED) is 0.820. The highest BCUT2D eigenvalue weighted by Gasteiger charge is 2.17. The molecule has 0 saturated heterocycles. The fraction of sp³-hybridized carbons (Fsp3) is 0.350. The molecule has 0 unspecified atom stereocenters. The second kappa shape index (κ2) is 7.75. The molecule has 0 atom stereocenters. The number of nitrogens with one attached hydrogen (secondary N) is 1. The molecule has 3 nitrogen and oxygen atoms in total. The Balaban J connectivity index is 2.24. The van der Waals surface area contributed by atoms with E-state index in [1.807, 2.05) is 42.5 Å². The summed E-state index contributed by atoms with van der Waals surface area (Å²) in [6, 6.07) is 13.6. The predicted octanol–water partition coefficient (Wildman–Crippen LogP) is 5.11. The molecule has 0 spiro atoms. The van der Waals surface area contributed by atoms with Crippen LogP contribution < -0.4 is 10.1 Å². The van der Waals surface area contributed by atoms with Crippen molar-refractivity contribution in [1.29, 1.82) is 0 Å². The van der Waals surface area contributed by atoms with E-state index in [1.165, 1.54) is 5.56 Å². The molecule has 1 N–H and O–H groups in total. The third-order valence-corrected chi connectivity index (χ3v) is 4.46. The summed E-state index contributed by atoms with van der Waals surface area (Å²) in [7, 11) is 1.61. The van der Waals surface area contributed by atoms with Gasteiger partial charge in [-0.15, -0.1) is 0 Å². The van der Waals surface area contributed by atoms with Crippen molar-refractivity contribution in [1.82, 2.24) is 0 Å². The Morgan fingerprint density at radius 1 is 1.12 bits per heavy atom. The van der Waals surface area contributed by atoms with Gasteiger partial charge in [-0.1, -0.05) is 39.0 Å². The summed E-state index contributed by atoms with van der Waals surface area (Å²) in [5.41, 5.74) is 3.71. The average Bonchev–Trinajstić information content (AvgIpc) is 2.55. The molecule has 24 heavy (non-hydrogen) atoms. The van der Waals surface area contributed by atoms with Gasteiger partial charge in [-0.2, -0.15) is 11.8 Å². The van der Waals surface area contributed by atoms with E-state index >= 15 is 0 Å². The van der Waals surface area contributed by atoms with E-state index < -0.39 is 0 Å². The van der Waals surface area contributed by atoms with Gasteiger partial charge in [0.15, 0.2) is 0 Å². The molecule has 4 heteroatoms. The van der Waals surface area contributed by atoms with E-state index in [0.29, 0.717) is 17.0 Å². The van der Waals surface area contributed by atoms with Crippen LogP contribution in [0.5, 0.6) is 5.75 Å². The predicted molar refractivity (Wildman–Crippen MR) is 103 cm³/mol. The first-order valence-electron chi connectivity index (χ1n) is 7.93. The Kier molecular flexibility index (Phi) is 5.94. The van der Waals surface area contributed by atoms with Gasteiger partial charge in [0.2, 0.25) is 0 Å². The molecule has 0 aliphatic heterocycles.